The van der Waals surface area contributed by atoms with Gasteiger partial charge >= 0.3 is 5.97 Å². The first-order valence-electron chi connectivity index (χ1n) is 4.06. The number of hydrogen-bond donors (Lipinski definition) is 0. The summed E-state index contributed by atoms with van der Waals surface area (Å²) >= 11 is 0. The predicted molar refractivity (Wildman–Crippen MR) is 45.3 cm³/mol. The van der Waals surface area contributed by atoms with Crippen LogP contribution in [0.1, 0.15) is 6.92 Å². The van der Waals surface area contributed by atoms with Crippen LogP contribution in [0.15, 0.2) is 0 Å². The summed E-state index contributed by atoms with van der Waals surface area (Å²) in [7, 11) is 2.84. The number of carbonyl (C=O) groups excluding carboxylic acids is 1. The summed E-state index contributed by atoms with van der Waals surface area (Å²) in [6, 6.07) is 0. The van der Waals surface area contributed by atoms with Crippen molar-refractivity contribution in [1.82, 2.24) is 0 Å². The maximum absolute atomic E-state index is 11.0. The molecule has 0 aliphatic heterocycles. The minimum Gasteiger partial charge on any atom is -0.465 e. The molecule has 13 heavy (non-hydrogen) atoms. The number of carbonyl (C=O) groups is 1. The molecule has 0 bridgehead atoms. The van der Waals surface area contributed by atoms with Gasteiger partial charge in [-0.3, -0.25) is 0 Å². The van der Waals surface area contributed by atoms with E-state index >= 15 is 0 Å². The second-order valence-corrected chi connectivity index (χ2v) is 2.17. The van der Waals surface area contributed by atoms with E-state index in [1.807, 2.05) is 0 Å². The molecule has 0 spiro atoms. The zero-order valence-electron chi connectivity index (χ0n) is 8.24. The van der Waals surface area contributed by atoms with Crippen molar-refractivity contribution in [2.24, 2.45) is 0 Å². The van der Waals surface area contributed by atoms with Crippen LogP contribution >= 0.6 is 0 Å². The highest BCUT2D eigenvalue weighted by Gasteiger charge is 2.19. The van der Waals surface area contributed by atoms with E-state index in [2.05, 4.69) is 4.74 Å². The van der Waals surface area contributed by atoms with Gasteiger partial charge in [-0.15, -0.1) is 0 Å². The van der Waals surface area contributed by atoms with Crippen molar-refractivity contribution in [3.05, 3.63) is 0 Å². The molecule has 78 valence electrons. The first-order valence-corrected chi connectivity index (χ1v) is 4.06. The number of hydrogen-bond acceptors (Lipinski definition) is 5. The van der Waals surface area contributed by atoms with Crippen molar-refractivity contribution in [1.29, 1.82) is 0 Å². The molecule has 1 atom stereocenters. The molecular weight excluding hydrogens is 176 g/mol. The average molecular weight is 192 g/mol. The predicted octanol–water partition coefficient (Wildman–Crippen LogP) is 0.185. The van der Waals surface area contributed by atoms with Gasteiger partial charge in [-0.2, -0.15) is 0 Å². The molecule has 0 N–H and O–H groups in total. The molecular formula is C8H16O5. The maximum Gasteiger partial charge on any atom is 0.363 e. The highest BCUT2D eigenvalue weighted by molar-refractivity contribution is 5.72. The summed E-state index contributed by atoms with van der Waals surface area (Å²) in [4.78, 5) is 11.0. The topological polar surface area (TPSA) is 54.0 Å². The third-order valence-corrected chi connectivity index (χ3v) is 1.27. The van der Waals surface area contributed by atoms with Crippen LogP contribution in [0.25, 0.3) is 0 Å². The molecule has 0 aromatic rings. The second kappa shape index (κ2) is 7.97. The Morgan fingerprint density at radius 3 is 2.38 bits per heavy atom. The van der Waals surface area contributed by atoms with E-state index in [1.165, 1.54) is 7.11 Å². The number of ether oxygens (including phenoxy) is 4. The SMILES string of the molecule is CCOC(OCCOC)C(=O)OC. The minimum absolute atomic E-state index is 0.302. The van der Waals surface area contributed by atoms with E-state index in [4.69, 9.17) is 14.2 Å². The number of rotatable bonds is 7. The molecule has 1 unspecified atom stereocenters. The van der Waals surface area contributed by atoms with Crippen molar-refractivity contribution in [2.45, 2.75) is 13.2 Å². The summed E-state index contributed by atoms with van der Waals surface area (Å²) < 4.78 is 19.3. The molecule has 0 heterocycles. The van der Waals surface area contributed by atoms with Gasteiger partial charge in [0.25, 0.3) is 6.29 Å². The Balaban J connectivity index is 3.73. The lowest BCUT2D eigenvalue weighted by molar-refractivity contribution is -0.193. The Morgan fingerprint density at radius 2 is 1.92 bits per heavy atom. The summed E-state index contributed by atoms with van der Waals surface area (Å²) in [6.07, 6.45) is -0.940. The Bertz CT molecular complexity index is 136. The lowest BCUT2D eigenvalue weighted by Crippen LogP contribution is -2.29. The van der Waals surface area contributed by atoms with E-state index in [0.29, 0.717) is 19.8 Å². The molecule has 0 fully saturated rings. The Morgan fingerprint density at radius 1 is 1.23 bits per heavy atom. The van der Waals surface area contributed by atoms with Crippen molar-refractivity contribution in [3.8, 4) is 0 Å². The smallest absolute Gasteiger partial charge is 0.363 e. The molecule has 0 amide bonds. The van der Waals surface area contributed by atoms with E-state index in [9.17, 15) is 4.79 Å². The zero-order chi connectivity index (χ0) is 10.1. The maximum atomic E-state index is 11.0. The summed E-state index contributed by atoms with van der Waals surface area (Å²) in [5, 5.41) is 0. The van der Waals surface area contributed by atoms with Gasteiger partial charge in [-0.25, -0.2) is 4.79 Å². The summed E-state index contributed by atoms with van der Waals surface area (Å²) in [5.74, 6) is -0.530. The first-order chi connectivity index (χ1) is 6.26. The fourth-order valence-electron chi connectivity index (χ4n) is 0.670. The van der Waals surface area contributed by atoms with Crippen LogP contribution in [0, 0.1) is 0 Å². The van der Waals surface area contributed by atoms with Crippen LogP contribution in [-0.4, -0.2) is 46.3 Å². The van der Waals surface area contributed by atoms with Crippen molar-refractivity contribution >= 4 is 5.97 Å². The van der Waals surface area contributed by atoms with Crippen LogP contribution in [-0.2, 0) is 23.7 Å². The van der Waals surface area contributed by atoms with Crippen molar-refractivity contribution < 1.29 is 23.7 Å². The minimum atomic E-state index is -0.940. The summed E-state index contributed by atoms with van der Waals surface area (Å²) in [5.41, 5.74) is 0. The molecule has 5 heteroatoms. The molecule has 0 aromatic heterocycles. The van der Waals surface area contributed by atoms with Gasteiger partial charge in [0.05, 0.1) is 20.3 Å². The van der Waals surface area contributed by atoms with Gasteiger partial charge in [0.1, 0.15) is 0 Å². The van der Waals surface area contributed by atoms with Gasteiger partial charge < -0.3 is 18.9 Å². The molecule has 0 saturated heterocycles. The molecule has 5 nitrogen and oxygen atoms in total. The van der Waals surface area contributed by atoms with Crippen molar-refractivity contribution in [2.75, 3.05) is 34.0 Å². The second-order valence-electron chi connectivity index (χ2n) is 2.17. The quantitative estimate of drug-likeness (QED) is 0.327. The highest BCUT2D eigenvalue weighted by Crippen LogP contribution is 1.97. The number of esters is 1. The highest BCUT2D eigenvalue weighted by atomic mass is 16.7. The molecule has 0 radical (unpaired) electrons. The molecule has 0 saturated carbocycles. The lowest BCUT2D eigenvalue weighted by Gasteiger charge is -2.14. The van der Waals surface area contributed by atoms with Crippen LogP contribution in [0.5, 0.6) is 0 Å². The van der Waals surface area contributed by atoms with E-state index in [0.717, 1.165) is 0 Å². The van der Waals surface area contributed by atoms with Crippen LogP contribution in [0.2, 0.25) is 0 Å². The fourth-order valence-corrected chi connectivity index (χ4v) is 0.670. The average Bonchev–Trinajstić information content (AvgIpc) is 2.16. The molecule has 0 aliphatic carbocycles. The lowest BCUT2D eigenvalue weighted by atomic mass is 10.6. The van der Waals surface area contributed by atoms with E-state index in [1.54, 1.807) is 14.0 Å². The largest absolute Gasteiger partial charge is 0.465 e. The molecule has 0 rings (SSSR count). The third-order valence-electron chi connectivity index (χ3n) is 1.27. The van der Waals surface area contributed by atoms with Gasteiger partial charge in [-0.1, -0.05) is 0 Å². The third kappa shape index (κ3) is 5.57. The van der Waals surface area contributed by atoms with E-state index in [-0.39, 0.29) is 0 Å². The van der Waals surface area contributed by atoms with Gasteiger partial charge in [-0.05, 0) is 6.92 Å². The van der Waals surface area contributed by atoms with Gasteiger partial charge in [0, 0.05) is 13.7 Å². The van der Waals surface area contributed by atoms with Crippen LogP contribution in [0.4, 0.5) is 0 Å². The van der Waals surface area contributed by atoms with Crippen LogP contribution < -0.4 is 0 Å². The Labute approximate surface area is 77.9 Å². The van der Waals surface area contributed by atoms with Crippen molar-refractivity contribution in [3.63, 3.8) is 0 Å². The normalized spacial score (nSPS) is 12.5. The van der Waals surface area contributed by atoms with E-state index < -0.39 is 12.3 Å². The monoisotopic (exact) mass is 192 g/mol. The zero-order valence-corrected chi connectivity index (χ0v) is 8.24. The van der Waals surface area contributed by atoms with Gasteiger partial charge in [0.2, 0.25) is 0 Å². The Hall–Kier alpha value is -0.650. The molecule has 0 aliphatic rings. The fraction of sp³-hybridized carbons (Fsp3) is 0.875. The standard InChI is InChI=1S/C8H16O5/c1-4-12-8(7(9)11-3)13-6-5-10-2/h8H,4-6H2,1-3H3. The number of methoxy groups -OCH3 is 2. The first kappa shape index (κ1) is 12.3. The van der Waals surface area contributed by atoms with Gasteiger partial charge in [0.15, 0.2) is 0 Å². The Kier molecular flexibility index (Phi) is 7.57. The summed E-state index contributed by atoms with van der Waals surface area (Å²) in [6.45, 7) is 2.89. The van der Waals surface area contributed by atoms with Crippen LogP contribution in [0.3, 0.4) is 0 Å². The molecule has 0 aromatic carbocycles.